The van der Waals surface area contributed by atoms with Gasteiger partial charge in [0.25, 0.3) is 0 Å². The monoisotopic (exact) mass is 340 g/mol. The van der Waals surface area contributed by atoms with Crippen molar-refractivity contribution in [1.29, 1.82) is 0 Å². The predicted octanol–water partition coefficient (Wildman–Crippen LogP) is 5.03. The standard InChI is InChI=1S/C13H19Cl2O4P/c1-8(2)18-20(17,19-9(3)4)13(16)11-6-5-10(14)7-12(11)15/h5-9,13,16H,1-4H3/t13-/m1/s1. The van der Waals surface area contributed by atoms with E-state index in [0.717, 1.165) is 0 Å². The first-order valence-electron chi connectivity index (χ1n) is 6.25. The SMILES string of the molecule is CC(C)OP(=O)(OC(C)C)[C@@H](O)c1ccc(Cl)cc1Cl. The molecule has 0 bridgehead atoms. The first kappa shape index (κ1) is 18.0. The molecule has 0 saturated carbocycles. The van der Waals surface area contributed by atoms with E-state index in [1.165, 1.54) is 12.1 Å². The fraction of sp³-hybridized carbons (Fsp3) is 0.538. The fourth-order valence-corrected chi connectivity index (χ4v) is 4.22. The summed E-state index contributed by atoms with van der Waals surface area (Å²) < 4.78 is 23.5. The average molecular weight is 341 g/mol. The van der Waals surface area contributed by atoms with Gasteiger partial charge in [-0.05, 0) is 39.8 Å². The molecule has 0 saturated heterocycles. The van der Waals surface area contributed by atoms with E-state index in [4.69, 9.17) is 32.2 Å². The largest absolute Gasteiger partial charge is 0.376 e. The van der Waals surface area contributed by atoms with Crippen molar-refractivity contribution >= 4 is 30.8 Å². The minimum Gasteiger partial charge on any atom is -0.376 e. The molecule has 0 fully saturated rings. The summed E-state index contributed by atoms with van der Waals surface area (Å²) in [6.07, 6.45) is -0.722. The summed E-state index contributed by atoms with van der Waals surface area (Å²) in [5.74, 6) is -1.46. The van der Waals surface area contributed by atoms with Crippen LogP contribution in [0.1, 0.15) is 39.1 Å². The molecule has 4 nitrogen and oxygen atoms in total. The lowest BCUT2D eigenvalue weighted by atomic mass is 10.2. The second kappa shape index (κ2) is 7.26. The maximum Gasteiger partial charge on any atom is 0.363 e. The molecule has 7 heteroatoms. The highest BCUT2D eigenvalue weighted by Crippen LogP contribution is 2.62. The highest BCUT2D eigenvalue weighted by Gasteiger charge is 2.39. The molecule has 114 valence electrons. The molecule has 0 aromatic heterocycles. The molecule has 1 rings (SSSR count). The highest BCUT2D eigenvalue weighted by molar-refractivity contribution is 7.54. The first-order chi connectivity index (χ1) is 9.15. The van der Waals surface area contributed by atoms with Gasteiger partial charge in [0.1, 0.15) is 0 Å². The molecule has 0 aliphatic heterocycles. The number of hydrogen-bond donors (Lipinski definition) is 1. The Morgan fingerprint density at radius 3 is 2.00 bits per heavy atom. The molecule has 0 heterocycles. The Bertz CT molecular complexity index is 491. The minimum atomic E-state index is -3.76. The van der Waals surface area contributed by atoms with Crippen molar-refractivity contribution < 1.29 is 18.7 Å². The summed E-state index contributed by atoms with van der Waals surface area (Å²) in [5.41, 5.74) is 0.265. The van der Waals surface area contributed by atoms with Crippen molar-refractivity contribution in [2.45, 2.75) is 45.7 Å². The van der Waals surface area contributed by atoms with E-state index >= 15 is 0 Å². The zero-order valence-corrected chi connectivity index (χ0v) is 14.2. The van der Waals surface area contributed by atoms with Gasteiger partial charge in [0.2, 0.25) is 0 Å². The molecular weight excluding hydrogens is 322 g/mol. The van der Waals surface area contributed by atoms with Crippen molar-refractivity contribution in [3.05, 3.63) is 33.8 Å². The van der Waals surface area contributed by atoms with Crippen molar-refractivity contribution in [3.8, 4) is 0 Å². The summed E-state index contributed by atoms with van der Waals surface area (Å²) in [4.78, 5) is 0. The van der Waals surface area contributed by atoms with E-state index in [-0.39, 0.29) is 22.8 Å². The van der Waals surface area contributed by atoms with Crippen LogP contribution in [0.25, 0.3) is 0 Å². The third kappa shape index (κ3) is 4.73. The molecule has 1 N–H and O–H groups in total. The van der Waals surface area contributed by atoms with E-state index in [1.807, 2.05) is 0 Å². The lowest BCUT2D eigenvalue weighted by Crippen LogP contribution is -2.13. The number of hydrogen-bond acceptors (Lipinski definition) is 4. The molecule has 0 spiro atoms. The van der Waals surface area contributed by atoms with Crippen LogP contribution in [-0.4, -0.2) is 17.3 Å². The molecule has 20 heavy (non-hydrogen) atoms. The van der Waals surface area contributed by atoms with Gasteiger partial charge in [-0.25, -0.2) is 0 Å². The van der Waals surface area contributed by atoms with Gasteiger partial charge in [0.15, 0.2) is 5.85 Å². The minimum absolute atomic E-state index is 0.213. The predicted molar refractivity (Wildman–Crippen MR) is 81.5 cm³/mol. The normalized spacial score (nSPS) is 14.1. The molecule has 0 unspecified atom stereocenters. The smallest absolute Gasteiger partial charge is 0.363 e. The van der Waals surface area contributed by atoms with Crippen LogP contribution in [0.2, 0.25) is 10.0 Å². The summed E-state index contributed by atoms with van der Waals surface area (Å²) in [6, 6.07) is 4.53. The van der Waals surface area contributed by atoms with Gasteiger partial charge in [-0.1, -0.05) is 29.3 Å². The zero-order chi connectivity index (χ0) is 15.5. The molecule has 0 amide bonds. The van der Waals surface area contributed by atoms with Gasteiger partial charge in [-0.3, -0.25) is 4.57 Å². The van der Waals surface area contributed by atoms with Gasteiger partial charge in [0.05, 0.1) is 12.2 Å². The molecular formula is C13H19Cl2O4P. The summed E-state index contributed by atoms with van der Waals surface area (Å²) in [6.45, 7) is 6.86. The highest BCUT2D eigenvalue weighted by atomic mass is 35.5. The molecule has 0 aliphatic carbocycles. The maximum atomic E-state index is 12.8. The second-order valence-electron chi connectivity index (χ2n) is 4.89. The van der Waals surface area contributed by atoms with Crippen molar-refractivity contribution in [2.75, 3.05) is 0 Å². The first-order valence-corrected chi connectivity index (χ1v) is 8.62. The van der Waals surface area contributed by atoms with E-state index in [1.54, 1.807) is 33.8 Å². The van der Waals surface area contributed by atoms with Gasteiger partial charge >= 0.3 is 7.60 Å². The summed E-state index contributed by atoms with van der Waals surface area (Å²) >= 11 is 11.8. The Labute approximate surface area is 129 Å². The van der Waals surface area contributed by atoms with E-state index in [2.05, 4.69) is 0 Å². The lowest BCUT2D eigenvalue weighted by molar-refractivity contribution is 0.101. The van der Waals surface area contributed by atoms with Crippen LogP contribution >= 0.6 is 30.8 Å². The van der Waals surface area contributed by atoms with Crippen molar-refractivity contribution in [1.82, 2.24) is 0 Å². The number of halogens is 2. The lowest BCUT2D eigenvalue weighted by Gasteiger charge is -2.27. The van der Waals surface area contributed by atoms with Crippen LogP contribution in [0.4, 0.5) is 0 Å². The van der Waals surface area contributed by atoms with Crippen LogP contribution in [0.5, 0.6) is 0 Å². The van der Waals surface area contributed by atoms with Crippen LogP contribution in [0.3, 0.4) is 0 Å². The van der Waals surface area contributed by atoms with E-state index < -0.39 is 13.4 Å². The third-order valence-corrected chi connectivity index (χ3v) is 5.13. The number of benzene rings is 1. The Hall–Kier alpha value is -0.0900. The molecule has 1 aromatic carbocycles. The molecule has 1 atom stereocenters. The van der Waals surface area contributed by atoms with Crippen LogP contribution in [0.15, 0.2) is 18.2 Å². The number of aliphatic hydroxyl groups is 1. The number of rotatable bonds is 6. The Balaban J connectivity index is 3.15. The molecule has 1 aromatic rings. The summed E-state index contributed by atoms with van der Waals surface area (Å²) in [7, 11) is -3.76. The quantitative estimate of drug-likeness (QED) is 0.738. The average Bonchev–Trinajstić information content (AvgIpc) is 2.25. The second-order valence-corrected chi connectivity index (χ2v) is 7.72. The van der Waals surface area contributed by atoms with Gasteiger partial charge < -0.3 is 14.2 Å². The van der Waals surface area contributed by atoms with Gasteiger partial charge in [0, 0.05) is 15.6 Å². The molecule has 0 aliphatic rings. The van der Waals surface area contributed by atoms with Crippen LogP contribution in [0, 0.1) is 0 Å². The maximum absolute atomic E-state index is 12.8. The summed E-state index contributed by atoms with van der Waals surface area (Å²) in [5, 5.41) is 11.0. The van der Waals surface area contributed by atoms with Crippen LogP contribution < -0.4 is 0 Å². The van der Waals surface area contributed by atoms with Crippen LogP contribution in [-0.2, 0) is 13.6 Å². The molecule has 0 radical (unpaired) electrons. The van der Waals surface area contributed by atoms with Crippen molar-refractivity contribution in [3.63, 3.8) is 0 Å². The van der Waals surface area contributed by atoms with E-state index in [0.29, 0.717) is 5.02 Å². The third-order valence-electron chi connectivity index (χ3n) is 2.26. The van der Waals surface area contributed by atoms with Gasteiger partial charge in [-0.15, -0.1) is 0 Å². The number of aliphatic hydroxyl groups excluding tert-OH is 1. The zero-order valence-electron chi connectivity index (χ0n) is 11.8. The fourth-order valence-electron chi connectivity index (χ4n) is 1.61. The topological polar surface area (TPSA) is 55.8 Å². The Morgan fingerprint density at radius 2 is 1.60 bits per heavy atom. The van der Waals surface area contributed by atoms with E-state index in [9.17, 15) is 9.67 Å². The van der Waals surface area contributed by atoms with Gasteiger partial charge in [-0.2, -0.15) is 0 Å². The Kier molecular flexibility index (Phi) is 6.52. The Morgan fingerprint density at radius 1 is 1.10 bits per heavy atom. The van der Waals surface area contributed by atoms with Crippen molar-refractivity contribution in [2.24, 2.45) is 0 Å².